The first-order chi connectivity index (χ1) is 6.59. The number of nitrogens with two attached hydrogens (primary N) is 1. The van der Waals surface area contributed by atoms with Crippen LogP contribution in [0.3, 0.4) is 0 Å². The van der Waals surface area contributed by atoms with Crippen LogP contribution in [-0.4, -0.2) is 29.1 Å². The fourth-order valence-electron chi connectivity index (χ4n) is 1.12. The van der Waals surface area contributed by atoms with Gasteiger partial charge >= 0.3 is 12.1 Å². The van der Waals surface area contributed by atoms with Crippen LogP contribution in [0.2, 0.25) is 0 Å². The van der Waals surface area contributed by atoms with Gasteiger partial charge in [-0.15, -0.1) is 0 Å². The molecule has 0 aliphatic rings. The van der Waals surface area contributed by atoms with Crippen molar-refractivity contribution in [2.45, 2.75) is 26.1 Å². The minimum absolute atomic E-state index is 0.834. The van der Waals surface area contributed by atoms with Gasteiger partial charge in [0.15, 0.2) is 5.78 Å². The Bertz CT molecular complexity index is 262. The number of carboxylic acid groups (broad SMARTS) is 1. The quantitative estimate of drug-likeness (QED) is 0.744. The molecule has 3 atom stereocenters. The molecular formula is C8H12F3NO3. The van der Waals surface area contributed by atoms with E-state index >= 15 is 0 Å². The molecule has 4 nitrogen and oxygen atoms in total. The van der Waals surface area contributed by atoms with E-state index in [0.29, 0.717) is 0 Å². The summed E-state index contributed by atoms with van der Waals surface area (Å²) in [5.74, 6) is -7.36. The van der Waals surface area contributed by atoms with E-state index in [0.717, 1.165) is 13.8 Å². The highest BCUT2D eigenvalue weighted by Crippen LogP contribution is 2.33. The Morgan fingerprint density at radius 1 is 1.27 bits per heavy atom. The Morgan fingerprint density at radius 2 is 1.67 bits per heavy atom. The molecule has 15 heavy (non-hydrogen) atoms. The number of Topliss-reactive ketones (excluding diaryl/α,β-unsaturated/α-hetero) is 1. The molecule has 3 N–H and O–H groups in total. The lowest BCUT2D eigenvalue weighted by Crippen LogP contribution is -2.45. The van der Waals surface area contributed by atoms with Gasteiger partial charge in [0.05, 0.1) is 12.0 Å². The largest absolute Gasteiger partial charge is 0.481 e. The van der Waals surface area contributed by atoms with Gasteiger partial charge in [-0.2, -0.15) is 13.2 Å². The minimum Gasteiger partial charge on any atom is -0.481 e. The topological polar surface area (TPSA) is 80.4 Å². The van der Waals surface area contributed by atoms with Gasteiger partial charge in [-0.1, -0.05) is 6.92 Å². The van der Waals surface area contributed by atoms with E-state index in [2.05, 4.69) is 0 Å². The fourth-order valence-corrected chi connectivity index (χ4v) is 1.12. The Kier molecular flexibility index (Phi) is 4.27. The summed E-state index contributed by atoms with van der Waals surface area (Å²) in [6.07, 6.45) is -4.89. The second-order valence-corrected chi connectivity index (χ2v) is 3.34. The number of alkyl halides is 3. The second kappa shape index (κ2) is 4.61. The average molecular weight is 227 g/mol. The van der Waals surface area contributed by atoms with Gasteiger partial charge in [0.2, 0.25) is 0 Å². The van der Waals surface area contributed by atoms with Crippen molar-refractivity contribution in [1.29, 1.82) is 0 Å². The first-order valence-corrected chi connectivity index (χ1v) is 4.17. The summed E-state index contributed by atoms with van der Waals surface area (Å²) in [4.78, 5) is 21.5. The van der Waals surface area contributed by atoms with Crippen LogP contribution in [-0.2, 0) is 9.59 Å². The first-order valence-electron chi connectivity index (χ1n) is 4.17. The Labute approximate surface area is 84.2 Å². The molecule has 0 aliphatic carbocycles. The fraction of sp³-hybridized carbons (Fsp3) is 0.750. The molecular weight excluding hydrogens is 215 g/mol. The van der Waals surface area contributed by atoms with Gasteiger partial charge in [-0.3, -0.25) is 9.59 Å². The van der Waals surface area contributed by atoms with Crippen LogP contribution < -0.4 is 5.73 Å². The van der Waals surface area contributed by atoms with Gasteiger partial charge in [-0.05, 0) is 6.92 Å². The summed E-state index contributed by atoms with van der Waals surface area (Å²) in [7, 11) is 0. The van der Waals surface area contributed by atoms with Crippen molar-refractivity contribution in [1.82, 2.24) is 0 Å². The van der Waals surface area contributed by atoms with E-state index < -0.39 is 35.8 Å². The molecule has 0 amide bonds. The molecule has 0 saturated heterocycles. The normalized spacial score (nSPS) is 18.0. The maximum absolute atomic E-state index is 12.4. The number of carbonyl (C=O) groups is 2. The molecule has 0 rings (SSSR count). The Hall–Kier alpha value is -1.11. The zero-order chi connectivity index (χ0) is 12.4. The Morgan fingerprint density at radius 3 is 1.87 bits per heavy atom. The van der Waals surface area contributed by atoms with E-state index in [1.165, 1.54) is 0 Å². The molecule has 0 fully saturated rings. The number of hydrogen-bond acceptors (Lipinski definition) is 3. The van der Waals surface area contributed by atoms with Gasteiger partial charge in [0.1, 0.15) is 5.92 Å². The summed E-state index contributed by atoms with van der Waals surface area (Å²) in [5, 5.41) is 8.45. The highest BCUT2D eigenvalue weighted by Gasteiger charge is 2.50. The molecule has 0 aromatic carbocycles. The zero-order valence-electron chi connectivity index (χ0n) is 8.21. The average Bonchev–Trinajstić information content (AvgIpc) is 2.01. The van der Waals surface area contributed by atoms with Crippen molar-refractivity contribution in [2.24, 2.45) is 17.6 Å². The maximum Gasteiger partial charge on any atom is 0.399 e. The number of carboxylic acids is 1. The molecule has 7 heteroatoms. The van der Waals surface area contributed by atoms with Crippen molar-refractivity contribution < 1.29 is 27.9 Å². The lowest BCUT2D eigenvalue weighted by Gasteiger charge is -2.23. The predicted molar refractivity (Wildman–Crippen MR) is 45.0 cm³/mol. The number of ketones is 1. The molecule has 0 heterocycles. The van der Waals surface area contributed by atoms with Crippen LogP contribution in [0.4, 0.5) is 13.2 Å². The number of carbonyl (C=O) groups excluding carboxylic acids is 1. The molecule has 0 spiro atoms. The van der Waals surface area contributed by atoms with Gasteiger partial charge in [0, 0.05) is 0 Å². The van der Waals surface area contributed by atoms with Crippen LogP contribution in [0.25, 0.3) is 0 Å². The van der Waals surface area contributed by atoms with Crippen molar-refractivity contribution in [3.63, 3.8) is 0 Å². The van der Waals surface area contributed by atoms with Crippen molar-refractivity contribution >= 4 is 11.8 Å². The van der Waals surface area contributed by atoms with Crippen molar-refractivity contribution in [3.05, 3.63) is 0 Å². The van der Waals surface area contributed by atoms with Gasteiger partial charge in [0.25, 0.3) is 0 Å². The monoisotopic (exact) mass is 227 g/mol. The number of rotatable bonds is 4. The third-order valence-electron chi connectivity index (χ3n) is 2.00. The third-order valence-corrected chi connectivity index (χ3v) is 2.00. The van der Waals surface area contributed by atoms with Gasteiger partial charge < -0.3 is 10.8 Å². The second-order valence-electron chi connectivity index (χ2n) is 3.34. The molecule has 0 aromatic rings. The summed E-state index contributed by atoms with van der Waals surface area (Å²) < 4.78 is 37.2. The van der Waals surface area contributed by atoms with Crippen LogP contribution in [0.5, 0.6) is 0 Å². The van der Waals surface area contributed by atoms with Crippen molar-refractivity contribution in [3.8, 4) is 0 Å². The third kappa shape index (κ3) is 3.50. The van der Waals surface area contributed by atoms with E-state index in [1.807, 2.05) is 0 Å². The van der Waals surface area contributed by atoms with E-state index in [9.17, 15) is 22.8 Å². The lowest BCUT2D eigenvalue weighted by atomic mass is 9.87. The molecule has 0 saturated carbocycles. The smallest absolute Gasteiger partial charge is 0.399 e. The molecule has 88 valence electrons. The zero-order valence-corrected chi connectivity index (χ0v) is 8.21. The van der Waals surface area contributed by atoms with Gasteiger partial charge in [-0.25, -0.2) is 0 Å². The SMILES string of the molecule is CC(N)C(=O)C(C(C)C(=O)O)C(F)(F)F. The summed E-state index contributed by atoms with van der Waals surface area (Å²) in [5.41, 5.74) is 5.03. The molecule has 3 unspecified atom stereocenters. The number of aliphatic carboxylic acids is 1. The van der Waals surface area contributed by atoms with Crippen LogP contribution in [0, 0.1) is 11.8 Å². The standard InChI is InChI=1S/C8H12F3NO3/c1-3(7(14)15)5(8(9,10)11)6(13)4(2)12/h3-5H,12H2,1-2H3,(H,14,15). The summed E-state index contributed by atoms with van der Waals surface area (Å²) >= 11 is 0. The number of hydrogen-bond donors (Lipinski definition) is 2. The molecule has 0 radical (unpaired) electrons. The summed E-state index contributed by atoms with van der Waals surface area (Å²) in [6, 6.07) is -1.33. The van der Waals surface area contributed by atoms with Crippen LogP contribution >= 0.6 is 0 Å². The summed E-state index contributed by atoms with van der Waals surface area (Å²) in [6.45, 7) is 1.93. The van der Waals surface area contributed by atoms with E-state index in [-0.39, 0.29) is 0 Å². The van der Waals surface area contributed by atoms with E-state index in [4.69, 9.17) is 10.8 Å². The highest BCUT2D eigenvalue weighted by molar-refractivity contribution is 5.90. The molecule has 0 aliphatic heterocycles. The Balaban J connectivity index is 5.08. The maximum atomic E-state index is 12.4. The molecule has 0 bridgehead atoms. The van der Waals surface area contributed by atoms with Crippen LogP contribution in [0.15, 0.2) is 0 Å². The highest BCUT2D eigenvalue weighted by atomic mass is 19.4. The lowest BCUT2D eigenvalue weighted by molar-refractivity contribution is -0.197. The minimum atomic E-state index is -4.89. The first kappa shape index (κ1) is 13.9. The van der Waals surface area contributed by atoms with Crippen LogP contribution in [0.1, 0.15) is 13.8 Å². The van der Waals surface area contributed by atoms with Crippen molar-refractivity contribution in [2.75, 3.05) is 0 Å². The van der Waals surface area contributed by atoms with E-state index in [1.54, 1.807) is 0 Å². The number of halogens is 3. The molecule has 0 aromatic heterocycles. The predicted octanol–water partition coefficient (Wildman–Crippen LogP) is 0.802.